The van der Waals surface area contributed by atoms with Crippen LogP contribution in [0.3, 0.4) is 0 Å². The van der Waals surface area contributed by atoms with Gasteiger partial charge in [0.2, 0.25) is 0 Å². The van der Waals surface area contributed by atoms with Crippen molar-refractivity contribution in [1.29, 1.82) is 0 Å². The molecule has 2 aromatic carbocycles. The largest absolute Gasteiger partial charge is 0.493 e. The SMILES string of the molecule is Cc1c(Cl)cccc1NC1=C(c2ccc(OCC(C)C)cc2)C(=O)N(C)C1=O. The van der Waals surface area contributed by atoms with Crippen LogP contribution in [0.4, 0.5) is 5.69 Å². The summed E-state index contributed by atoms with van der Waals surface area (Å²) in [4.78, 5) is 26.5. The molecule has 1 aliphatic rings. The highest BCUT2D eigenvalue weighted by Crippen LogP contribution is 2.32. The molecule has 0 aromatic heterocycles. The fourth-order valence-electron chi connectivity index (χ4n) is 2.88. The molecule has 0 atom stereocenters. The fourth-order valence-corrected chi connectivity index (χ4v) is 3.06. The van der Waals surface area contributed by atoms with Crippen LogP contribution in [0.5, 0.6) is 5.75 Å². The van der Waals surface area contributed by atoms with Gasteiger partial charge < -0.3 is 10.1 Å². The van der Waals surface area contributed by atoms with E-state index in [4.69, 9.17) is 16.3 Å². The predicted molar refractivity (Wildman–Crippen MR) is 111 cm³/mol. The lowest BCUT2D eigenvalue weighted by Gasteiger charge is -2.12. The Labute approximate surface area is 169 Å². The van der Waals surface area contributed by atoms with Crippen molar-refractivity contribution in [3.8, 4) is 5.75 Å². The van der Waals surface area contributed by atoms with Gasteiger partial charge in [-0.3, -0.25) is 14.5 Å². The number of anilines is 1. The van der Waals surface area contributed by atoms with Crippen LogP contribution in [0.25, 0.3) is 5.57 Å². The Kier molecular flexibility index (Phi) is 5.75. The van der Waals surface area contributed by atoms with Crippen molar-refractivity contribution in [3.63, 3.8) is 0 Å². The van der Waals surface area contributed by atoms with Crippen molar-refractivity contribution in [2.24, 2.45) is 5.92 Å². The van der Waals surface area contributed by atoms with Crippen LogP contribution in [-0.2, 0) is 9.59 Å². The third kappa shape index (κ3) is 3.90. The van der Waals surface area contributed by atoms with Crippen molar-refractivity contribution in [3.05, 3.63) is 64.3 Å². The molecule has 146 valence electrons. The van der Waals surface area contributed by atoms with E-state index in [1.165, 1.54) is 7.05 Å². The number of hydrogen-bond acceptors (Lipinski definition) is 4. The number of nitrogens with zero attached hydrogens (tertiary/aromatic N) is 1. The molecule has 3 rings (SSSR count). The fraction of sp³-hybridized carbons (Fsp3) is 0.273. The van der Waals surface area contributed by atoms with Gasteiger partial charge >= 0.3 is 0 Å². The molecule has 0 fully saturated rings. The molecule has 5 nitrogen and oxygen atoms in total. The maximum Gasteiger partial charge on any atom is 0.277 e. The van der Waals surface area contributed by atoms with Gasteiger partial charge in [0, 0.05) is 17.8 Å². The molecule has 0 bridgehead atoms. The van der Waals surface area contributed by atoms with E-state index in [0.29, 0.717) is 34.4 Å². The number of ether oxygens (including phenoxy) is 1. The monoisotopic (exact) mass is 398 g/mol. The molecule has 6 heteroatoms. The average Bonchev–Trinajstić information content (AvgIpc) is 2.88. The first-order valence-electron chi connectivity index (χ1n) is 9.11. The number of imide groups is 1. The number of carbonyl (C=O) groups is 2. The Balaban J connectivity index is 1.97. The van der Waals surface area contributed by atoms with Crippen LogP contribution in [0, 0.1) is 12.8 Å². The highest BCUT2D eigenvalue weighted by atomic mass is 35.5. The summed E-state index contributed by atoms with van der Waals surface area (Å²) >= 11 is 6.18. The number of amides is 2. The number of likely N-dealkylation sites (N-methyl/N-ethyl adjacent to an activating group) is 1. The third-order valence-electron chi connectivity index (χ3n) is 4.54. The highest BCUT2D eigenvalue weighted by Gasteiger charge is 2.37. The molecular formula is C22H23ClN2O3. The maximum absolute atomic E-state index is 12.7. The van der Waals surface area contributed by atoms with Crippen LogP contribution >= 0.6 is 11.6 Å². The van der Waals surface area contributed by atoms with Gasteiger partial charge in [-0.1, -0.05) is 43.6 Å². The smallest absolute Gasteiger partial charge is 0.277 e. The summed E-state index contributed by atoms with van der Waals surface area (Å²) in [5.41, 5.74) is 2.73. The number of carbonyl (C=O) groups excluding carboxylic acids is 2. The summed E-state index contributed by atoms with van der Waals surface area (Å²) in [7, 11) is 1.48. The minimum absolute atomic E-state index is 0.244. The van der Waals surface area contributed by atoms with Gasteiger partial charge in [-0.05, 0) is 48.2 Å². The van der Waals surface area contributed by atoms with Gasteiger partial charge in [0.1, 0.15) is 11.4 Å². The zero-order valence-electron chi connectivity index (χ0n) is 16.4. The summed E-state index contributed by atoms with van der Waals surface area (Å²) in [6, 6.07) is 12.6. The Morgan fingerprint density at radius 3 is 2.39 bits per heavy atom. The van der Waals surface area contributed by atoms with E-state index in [1.54, 1.807) is 24.3 Å². The topological polar surface area (TPSA) is 58.6 Å². The minimum Gasteiger partial charge on any atom is -0.493 e. The summed E-state index contributed by atoms with van der Waals surface area (Å²) < 4.78 is 5.70. The zero-order chi connectivity index (χ0) is 20.4. The molecule has 0 spiro atoms. The van der Waals surface area contributed by atoms with E-state index in [2.05, 4.69) is 19.2 Å². The third-order valence-corrected chi connectivity index (χ3v) is 4.95. The van der Waals surface area contributed by atoms with Gasteiger partial charge in [0.15, 0.2) is 0 Å². The molecule has 2 amide bonds. The number of benzene rings is 2. The Morgan fingerprint density at radius 2 is 1.75 bits per heavy atom. The lowest BCUT2D eigenvalue weighted by molar-refractivity contribution is -0.135. The molecule has 0 unspecified atom stereocenters. The average molecular weight is 399 g/mol. The molecule has 0 saturated heterocycles. The normalized spacial score (nSPS) is 14.3. The van der Waals surface area contributed by atoms with Crippen molar-refractivity contribution >= 4 is 34.7 Å². The van der Waals surface area contributed by atoms with Gasteiger partial charge in [0.05, 0.1) is 12.2 Å². The molecule has 28 heavy (non-hydrogen) atoms. The highest BCUT2D eigenvalue weighted by molar-refractivity contribution is 6.36. The molecular weight excluding hydrogens is 376 g/mol. The standard InChI is InChI=1S/C22H23ClN2O3/c1-13(2)12-28-16-10-8-15(9-11-16)19-20(22(27)25(4)21(19)26)24-18-7-5-6-17(23)14(18)3/h5-11,13,24H,12H2,1-4H3. The van der Waals surface area contributed by atoms with E-state index in [0.717, 1.165) is 16.2 Å². The van der Waals surface area contributed by atoms with Crippen molar-refractivity contribution in [1.82, 2.24) is 4.90 Å². The Bertz CT molecular complexity index is 949. The summed E-state index contributed by atoms with van der Waals surface area (Å²) in [5, 5.41) is 3.70. The molecule has 1 N–H and O–H groups in total. The minimum atomic E-state index is -0.375. The number of nitrogens with one attached hydrogen (secondary N) is 1. The van der Waals surface area contributed by atoms with E-state index in [1.807, 2.05) is 25.1 Å². The van der Waals surface area contributed by atoms with Gasteiger partial charge in [0.25, 0.3) is 11.8 Å². The van der Waals surface area contributed by atoms with Crippen LogP contribution < -0.4 is 10.1 Å². The quantitative estimate of drug-likeness (QED) is 0.727. The summed E-state index contributed by atoms with van der Waals surface area (Å²) in [6.45, 7) is 6.63. The second kappa shape index (κ2) is 8.07. The first-order chi connectivity index (χ1) is 13.3. The van der Waals surface area contributed by atoms with Crippen LogP contribution in [0.1, 0.15) is 25.0 Å². The summed E-state index contributed by atoms with van der Waals surface area (Å²) in [5.74, 6) is 0.424. The van der Waals surface area contributed by atoms with Crippen LogP contribution in [0.2, 0.25) is 5.02 Å². The number of rotatable bonds is 6. The Hall–Kier alpha value is -2.79. The molecule has 1 aliphatic heterocycles. The second-order valence-corrected chi connectivity index (χ2v) is 7.59. The van der Waals surface area contributed by atoms with E-state index >= 15 is 0 Å². The van der Waals surface area contributed by atoms with Gasteiger partial charge in [-0.25, -0.2) is 0 Å². The number of hydrogen-bond donors (Lipinski definition) is 1. The van der Waals surface area contributed by atoms with Crippen molar-refractivity contribution < 1.29 is 14.3 Å². The van der Waals surface area contributed by atoms with E-state index < -0.39 is 0 Å². The van der Waals surface area contributed by atoms with E-state index in [-0.39, 0.29) is 17.5 Å². The molecule has 1 heterocycles. The second-order valence-electron chi connectivity index (χ2n) is 7.19. The maximum atomic E-state index is 12.7. The Morgan fingerprint density at radius 1 is 1.07 bits per heavy atom. The first-order valence-corrected chi connectivity index (χ1v) is 9.49. The molecule has 0 radical (unpaired) electrons. The van der Waals surface area contributed by atoms with Gasteiger partial charge in [-0.2, -0.15) is 0 Å². The molecule has 0 aliphatic carbocycles. The van der Waals surface area contributed by atoms with Gasteiger partial charge in [-0.15, -0.1) is 0 Å². The molecule has 0 saturated carbocycles. The van der Waals surface area contributed by atoms with Crippen molar-refractivity contribution in [2.45, 2.75) is 20.8 Å². The van der Waals surface area contributed by atoms with E-state index in [9.17, 15) is 9.59 Å². The number of halogens is 1. The first kappa shape index (κ1) is 20.0. The van der Waals surface area contributed by atoms with Crippen molar-refractivity contribution in [2.75, 3.05) is 19.0 Å². The van der Waals surface area contributed by atoms with Crippen LogP contribution in [0.15, 0.2) is 48.2 Å². The molecule has 2 aromatic rings. The zero-order valence-corrected chi connectivity index (χ0v) is 17.1. The summed E-state index contributed by atoms with van der Waals surface area (Å²) in [6.07, 6.45) is 0. The lowest BCUT2D eigenvalue weighted by atomic mass is 10.0. The lowest BCUT2D eigenvalue weighted by Crippen LogP contribution is -2.28. The predicted octanol–water partition coefficient (Wildman–Crippen LogP) is 4.51. The van der Waals surface area contributed by atoms with Crippen LogP contribution in [-0.4, -0.2) is 30.4 Å².